The lowest BCUT2D eigenvalue weighted by Crippen LogP contribution is -2.57. The Morgan fingerprint density at radius 2 is 1.91 bits per heavy atom. The van der Waals surface area contributed by atoms with Crippen LogP contribution in [0.3, 0.4) is 0 Å². The van der Waals surface area contributed by atoms with Gasteiger partial charge in [0.25, 0.3) is 0 Å². The lowest BCUT2D eigenvalue weighted by Gasteiger charge is -2.47. The number of carbonyl (C=O) groups excluding carboxylic acids is 1. The lowest BCUT2D eigenvalue weighted by atomic mass is 9.69. The first kappa shape index (κ1) is 7.29. The van der Waals surface area contributed by atoms with E-state index in [-0.39, 0.29) is 0 Å². The molecular formula is C9H15NO. The molecule has 3 rings (SSSR count). The summed E-state index contributed by atoms with van der Waals surface area (Å²) in [5.41, 5.74) is 0. The summed E-state index contributed by atoms with van der Waals surface area (Å²) in [7, 11) is 0. The fourth-order valence-corrected chi connectivity index (χ4v) is 2.14. The number of piperidine rings is 2. The fraction of sp³-hybridized carbons (Fsp3) is 0.889. The van der Waals surface area contributed by atoms with Gasteiger partial charge in [0, 0.05) is 31.0 Å². The van der Waals surface area contributed by atoms with Crippen molar-refractivity contribution in [2.24, 2.45) is 11.8 Å². The summed E-state index contributed by atoms with van der Waals surface area (Å²) in [6.07, 6.45) is 1.17. The number of Topliss-reactive ketones (excluding diaryl/α,β-unsaturated/α-hetero) is 1. The molecule has 2 bridgehead atoms. The third-order valence-electron chi connectivity index (χ3n) is 3.01. The van der Waals surface area contributed by atoms with Crippen LogP contribution in [0.2, 0.25) is 0 Å². The monoisotopic (exact) mass is 153 g/mol. The zero-order valence-corrected chi connectivity index (χ0v) is 7.21. The minimum atomic E-state index is 0.399. The maximum absolute atomic E-state index is 11.2. The molecule has 0 aromatic rings. The molecule has 0 radical (unpaired) electrons. The van der Waals surface area contributed by atoms with E-state index in [1.807, 2.05) is 0 Å². The SMILES string of the molecule is CC(C)N1CC2CC(C1)C2=O. The molecule has 1 saturated carbocycles. The Labute approximate surface area is 67.6 Å². The molecule has 11 heavy (non-hydrogen) atoms. The molecule has 2 atom stereocenters. The second-order valence-electron chi connectivity index (χ2n) is 4.08. The minimum Gasteiger partial charge on any atom is -0.300 e. The summed E-state index contributed by atoms with van der Waals surface area (Å²) in [6, 6.07) is 0.619. The molecule has 0 aromatic carbocycles. The summed E-state index contributed by atoms with van der Waals surface area (Å²) in [6.45, 7) is 6.45. The molecule has 2 saturated heterocycles. The van der Waals surface area contributed by atoms with E-state index in [2.05, 4.69) is 18.7 Å². The van der Waals surface area contributed by atoms with E-state index in [0.29, 0.717) is 23.7 Å². The van der Waals surface area contributed by atoms with Crippen LogP contribution in [0.15, 0.2) is 0 Å². The van der Waals surface area contributed by atoms with Crippen LogP contribution in [0, 0.1) is 11.8 Å². The number of nitrogens with zero attached hydrogens (tertiary/aromatic N) is 1. The maximum atomic E-state index is 11.2. The molecule has 3 fully saturated rings. The summed E-state index contributed by atoms with van der Waals surface area (Å²) in [5.74, 6) is 1.33. The second-order valence-corrected chi connectivity index (χ2v) is 4.08. The minimum absolute atomic E-state index is 0.399. The van der Waals surface area contributed by atoms with Crippen molar-refractivity contribution in [1.82, 2.24) is 4.90 Å². The van der Waals surface area contributed by atoms with E-state index in [1.54, 1.807) is 0 Å². The van der Waals surface area contributed by atoms with Gasteiger partial charge in [-0.25, -0.2) is 0 Å². The first-order chi connectivity index (χ1) is 5.18. The first-order valence-electron chi connectivity index (χ1n) is 4.46. The molecule has 0 spiro atoms. The predicted molar refractivity (Wildman–Crippen MR) is 43.3 cm³/mol. The molecule has 3 aliphatic rings. The highest BCUT2D eigenvalue weighted by molar-refractivity contribution is 5.90. The van der Waals surface area contributed by atoms with Crippen LogP contribution >= 0.6 is 0 Å². The fourth-order valence-electron chi connectivity index (χ4n) is 2.14. The molecule has 62 valence electrons. The number of ketones is 1. The average molecular weight is 153 g/mol. The Morgan fingerprint density at radius 1 is 1.36 bits per heavy atom. The molecule has 2 nitrogen and oxygen atoms in total. The smallest absolute Gasteiger partial charge is 0.141 e. The molecule has 2 heteroatoms. The number of carbonyl (C=O) groups is 1. The van der Waals surface area contributed by atoms with E-state index >= 15 is 0 Å². The van der Waals surface area contributed by atoms with Crippen molar-refractivity contribution in [3.8, 4) is 0 Å². The number of hydrogen-bond acceptors (Lipinski definition) is 2. The first-order valence-corrected chi connectivity index (χ1v) is 4.46. The van der Waals surface area contributed by atoms with Gasteiger partial charge in [-0.3, -0.25) is 9.69 Å². The van der Waals surface area contributed by atoms with E-state index < -0.39 is 0 Å². The van der Waals surface area contributed by atoms with Crippen LogP contribution in [-0.4, -0.2) is 29.8 Å². The molecule has 2 unspecified atom stereocenters. The van der Waals surface area contributed by atoms with Crippen molar-refractivity contribution in [3.05, 3.63) is 0 Å². The van der Waals surface area contributed by atoms with Crippen molar-refractivity contribution in [2.75, 3.05) is 13.1 Å². The van der Waals surface area contributed by atoms with Gasteiger partial charge in [-0.1, -0.05) is 0 Å². The van der Waals surface area contributed by atoms with Gasteiger partial charge < -0.3 is 0 Å². The molecule has 2 heterocycles. The summed E-state index contributed by atoms with van der Waals surface area (Å²) >= 11 is 0. The number of hydrogen-bond donors (Lipinski definition) is 0. The van der Waals surface area contributed by atoms with Crippen LogP contribution < -0.4 is 0 Å². The molecule has 2 aliphatic heterocycles. The maximum Gasteiger partial charge on any atom is 0.141 e. The summed E-state index contributed by atoms with van der Waals surface area (Å²) in [4.78, 5) is 13.6. The van der Waals surface area contributed by atoms with Crippen LogP contribution in [0.25, 0.3) is 0 Å². The Bertz CT molecular complexity index is 174. The van der Waals surface area contributed by atoms with Gasteiger partial charge in [0.15, 0.2) is 0 Å². The van der Waals surface area contributed by atoms with Crippen molar-refractivity contribution in [1.29, 1.82) is 0 Å². The van der Waals surface area contributed by atoms with E-state index in [9.17, 15) is 4.79 Å². The third kappa shape index (κ3) is 1.00. The predicted octanol–water partition coefficient (Wildman–Crippen LogP) is 0.916. The zero-order valence-electron chi connectivity index (χ0n) is 7.21. The van der Waals surface area contributed by atoms with Gasteiger partial charge in [0.1, 0.15) is 5.78 Å². The summed E-state index contributed by atoms with van der Waals surface area (Å²) < 4.78 is 0. The van der Waals surface area contributed by atoms with E-state index in [4.69, 9.17) is 0 Å². The van der Waals surface area contributed by atoms with Crippen molar-refractivity contribution >= 4 is 5.78 Å². The number of fused-ring (bicyclic) bond motifs is 2. The highest BCUT2D eigenvalue weighted by atomic mass is 16.1. The Morgan fingerprint density at radius 3 is 2.27 bits per heavy atom. The zero-order chi connectivity index (χ0) is 8.01. The Balaban J connectivity index is 1.99. The standard InChI is InChI=1S/C9H15NO/c1-6(2)10-4-7-3-8(5-10)9(7)11/h6-8H,3-5H2,1-2H3. The van der Waals surface area contributed by atoms with Crippen molar-refractivity contribution < 1.29 is 4.79 Å². The quantitative estimate of drug-likeness (QED) is 0.558. The second kappa shape index (κ2) is 2.31. The molecule has 0 aromatic heterocycles. The molecular weight excluding hydrogens is 138 g/mol. The lowest BCUT2D eigenvalue weighted by molar-refractivity contribution is -0.144. The van der Waals surface area contributed by atoms with Crippen LogP contribution in [0.5, 0.6) is 0 Å². The van der Waals surface area contributed by atoms with Crippen molar-refractivity contribution in [2.45, 2.75) is 26.3 Å². The van der Waals surface area contributed by atoms with Gasteiger partial charge in [-0.05, 0) is 20.3 Å². The van der Waals surface area contributed by atoms with Crippen LogP contribution in [0.1, 0.15) is 20.3 Å². The van der Waals surface area contributed by atoms with Crippen LogP contribution in [-0.2, 0) is 4.79 Å². The van der Waals surface area contributed by atoms with Crippen LogP contribution in [0.4, 0.5) is 0 Å². The highest BCUT2D eigenvalue weighted by Gasteiger charge is 2.45. The topological polar surface area (TPSA) is 20.3 Å². The normalized spacial score (nSPS) is 37.5. The molecule has 0 amide bonds. The highest BCUT2D eigenvalue weighted by Crippen LogP contribution is 2.36. The van der Waals surface area contributed by atoms with E-state index in [0.717, 1.165) is 13.1 Å². The Kier molecular flexibility index (Phi) is 1.53. The van der Waals surface area contributed by atoms with Gasteiger partial charge >= 0.3 is 0 Å². The van der Waals surface area contributed by atoms with Gasteiger partial charge in [0.2, 0.25) is 0 Å². The van der Waals surface area contributed by atoms with Gasteiger partial charge in [-0.15, -0.1) is 0 Å². The van der Waals surface area contributed by atoms with Gasteiger partial charge in [0.05, 0.1) is 0 Å². The summed E-state index contributed by atoms with van der Waals surface area (Å²) in [5, 5.41) is 0. The Hall–Kier alpha value is -0.370. The average Bonchev–Trinajstić information content (AvgIpc) is 2.03. The van der Waals surface area contributed by atoms with Crippen molar-refractivity contribution in [3.63, 3.8) is 0 Å². The number of rotatable bonds is 1. The largest absolute Gasteiger partial charge is 0.300 e. The third-order valence-corrected chi connectivity index (χ3v) is 3.01. The molecule has 0 N–H and O–H groups in total. The van der Waals surface area contributed by atoms with E-state index in [1.165, 1.54) is 6.42 Å². The molecule has 1 aliphatic carbocycles. The van der Waals surface area contributed by atoms with Gasteiger partial charge in [-0.2, -0.15) is 0 Å².